The molecular weight excluding hydrogens is 280 g/mol. The number of nitriles is 1. The Balaban J connectivity index is 0.00000180. The van der Waals surface area contributed by atoms with Gasteiger partial charge in [-0.3, -0.25) is 10.4 Å². The molecular formula is C13H13ClN4S. The normalized spacial score (nSPS) is 9.63. The maximum absolute atomic E-state index is 8.75. The lowest BCUT2D eigenvalue weighted by molar-refractivity contribution is 1.08. The molecule has 0 unspecified atom stereocenters. The number of benzene rings is 1. The Morgan fingerprint density at radius 3 is 2.84 bits per heavy atom. The molecule has 1 aromatic heterocycles. The minimum Gasteiger partial charge on any atom is -0.379 e. The van der Waals surface area contributed by atoms with Crippen LogP contribution in [-0.4, -0.2) is 10.2 Å². The van der Waals surface area contributed by atoms with E-state index in [9.17, 15) is 0 Å². The third kappa shape index (κ3) is 3.85. The summed E-state index contributed by atoms with van der Waals surface area (Å²) in [6.45, 7) is 0. The van der Waals surface area contributed by atoms with E-state index in [1.165, 1.54) is 11.8 Å². The number of halogens is 1. The molecule has 0 saturated heterocycles. The molecule has 0 aliphatic rings. The molecule has 2 aromatic rings. The van der Waals surface area contributed by atoms with Gasteiger partial charge in [0, 0.05) is 11.1 Å². The van der Waals surface area contributed by atoms with Gasteiger partial charge in [0.15, 0.2) is 5.17 Å². The molecule has 0 saturated carbocycles. The van der Waals surface area contributed by atoms with Gasteiger partial charge in [-0.25, -0.2) is 0 Å². The van der Waals surface area contributed by atoms with Crippen molar-refractivity contribution in [2.24, 2.45) is 5.73 Å². The summed E-state index contributed by atoms with van der Waals surface area (Å²) in [6.07, 6.45) is 0.294. The number of hydrogen-bond donors (Lipinski definition) is 2. The second kappa shape index (κ2) is 6.98. The maximum Gasteiger partial charge on any atom is 0.151 e. The van der Waals surface area contributed by atoms with Crippen molar-refractivity contribution in [3.63, 3.8) is 0 Å². The van der Waals surface area contributed by atoms with E-state index in [1.54, 1.807) is 0 Å². The van der Waals surface area contributed by atoms with Crippen LogP contribution in [0.1, 0.15) is 11.4 Å². The monoisotopic (exact) mass is 292 g/mol. The Labute approximate surface area is 121 Å². The molecule has 0 bridgehead atoms. The second-order valence-electron chi connectivity index (χ2n) is 3.77. The van der Waals surface area contributed by atoms with E-state index in [0.717, 1.165) is 22.2 Å². The molecule has 1 aromatic carbocycles. The van der Waals surface area contributed by atoms with Crippen molar-refractivity contribution >= 4 is 40.1 Å². The van der Waals surface area contributed by atoms with E-state index in [4.69, 9.17) is 16.4 Å². The standard InChI is InChI=1S/C13H12N4S.ClH/c14-6-5-10-7-9-3-1-2-4-11(9)12(17-10)8-18-13(15)16;/h1-4,7H,5,8H2,(H3,15,16);1H. The molecule has 0 aliphatic carbocycles. The van der Waals surface area contributed by atoms with Crippen LogP contribution in [0, 0.1) is 16.7 Å². The fourth-order valence-corrected chi connectivity index (χ4v) is 2.27. The molecule has 2 rings (SSSR count). The Bertz CT molecular complexity index is 636. The van der Waals surface area contributed by atoms with Crippen LogP contribution in [0.25, 0.3) is 10.8 Å². The zero-order valence-corrected chi connectivity index (χ0v) is 11.7. The third-order valence-electron chi connectivity index (χ3n) is 2.50. The molecule has 6 heteroatoms. The van der Waals surface area contributed by atoms with Crippen molar-refractivity contribution in [3.05, 3.63) is 41.7 Å². The molecule has 0 atom stereocenters. The quantitative estimate of drug-likeness (QED) is 0.673. The van der Waals surface area contributed by atoms with Gasteiger partial charge in [-0.2, -0.15) is 5.26 Å². The van der Waals surface area contributed by atoms with Crippen molar-refractivity contribution < 1.29 is 0 Å². The van der Waals surface area contributed by atoms with Gasteiger partial charge < -0.3 is 5.73 Å². The Kier molecular flexibility index (Phi) is 5.61. The van der Waals surface area contributed by atoms with Crippen LogP contribution in [0.3, 0.4) is 0 Å². The van der Waals surface area contributed by atoms with Crippen LogP contribution in [0.5, 0.6) is 0 Å². The zero-order chi connectivity index (χ0) is 13.0. The van der Waals surface area contributed by atoms with Crippen LogP contribution in [0.4, 0.5) is 0 Å². The highest BCUT2D eigenvalue weighted by atomic mass is 35.5. The van der Waals surface area contributed by atoms with Gasteiger partial charge in [0.2, 0.25) is 0 Å². The lowest BCUT2D eigenvalue weighted by Crippen LogP contribution is -2.05. The fourth-order valence-electron chi connectivity index (χ4n) is 1.76. The molecule has 0 radical (unpaired) electrons. The predicted molar refractivity (Wildman–Crippen MR) is 81.5 cm³/mol. The largest absolute Gasteiger partial charge is 0.379 e. The number of fused-ring (bicyclic) bond motifs is 1. The van der Waals surface area contributed by atoms with Crippen LogP contribution in [0.15, 0.2) is 30.3 Å². The van der Waals surface area contributed by atoms with E-state index in [0.29, 0.717) is 12.2 Å². The average Bonchev–Trinajstić information content (AvgIpc) is 2.36. The van der Waals surface area contributed by atoms with Gasteiger partial charge in [0.05, 0.1) is 23.9 Å². The first kappa shape index (κ1) is 15.3. The first-order valence-corrected chi connectivity index (χ1v) is 6.40. The van der Waals surface area contributed by atoms with Crippen molar-refractivity contribution in [2.75, 3.05) is 0 Å². The summed E-state index contributed by atoms with van der Waals surface area (Å²) in [5, 5.41) is 18.2. The molecule has 0 fully saturated rings. The number of rotatable bonds is 3. The third-order valence-corrected chi connectivity index (χ3v) is 3.23. The Hall–Kier alpha value is -1.77. The first-order chi connectivity index (χ1) is 8.70. The number of pyridine rings is 1. The van der Waals surface area contributed by atoms with Gasteiger partial charge in [0.25, 0.3) is 0 Å². The maximum atomic E-state index is 8.75. The van der Waals surface area contributed by atoms with E-state index in [2.05, 4.69) is 11.1 Å². The summed E-state index contributed by atoms with van der Waals surface area (Å²) in [7, 11) is 0. The van der Waals surface area contributed by atoms with Crippen LogP contribution in [-0.2, 0) is 12.2 Å². The van der Waals surface area contributed by atoms with E-state index < -0.39 is 0 Å². The number of thioether (sulfide) groups is 1. The van der Waals surface area contributed by atoms with Crippen molar-refractivity contribution in [1.29, 1.82) is 10.7 Å². The van der Waals surface area contributed by atoms with Crippen molar-refractivity contribution in [3.8, 4) is 6.07 Å². The number of aromatic nitrogens is 1. The molecule has 3 N–H and O–H groups in total. The van der Waals surface area contributed by atoms with Gasteiger partial charge in [0.1, 0.15) is 0 Å². The van der Waals surface area contributed by atoms with E-state index in [1.807, 2.05) is 30.3 Å². The highest BCUT2D eigenvalue weighted by Crippen LogP contribution is 2.22. The molecule has 98 valence electrons. The number of nitrogens with zero attached hydrogens (tertiary/aromatic N) is 2. The summed E-state index contributed by atoms with van der Waals surface area (Å²) in [4.78, 5) is 4.47. The predicted octanol–water partition coefficient (Wildman–Crippen LogP) is 2.85. The zero-order valence-electron chi connectivity index (χ0n) is 10.1. The number of nitrogens with two attached hydrogens (primary N) is 1. The second-order valence-corrected chi connectivity index (χ2v) is 4.79. The van der Waals surface area contributed by atoms with Gasteiger partial charge in [-0.15, -0.1) is 12.4 Å². The number of nitrogens with one attached hydrogen (secondary N) is 1. The average molecular weight is 293 g/mol. The van der Waals surface area contributed by atoms with Crippen molar-refractivity contribution in [1.82, 2.24) is 4.98 Å². The molecule has 0 spiro atoms. The molecule has 0 aliphatic heterocycles. The Morgan fingerprint density at radius 1 is 1.42 bits per heavy atom. The summed E-state index contributed by atoms with van der Waals surface area (Å²) in [5.41, 5.74) is 6.98. The molecule has 4 nitrogen and oxygen atoms in total. The van der Waals surface area contributed by atoms with Crippen LogP contribution in [0.2, 0.25) is 0 Å². The summed E-state index contributed by atoms with van der Waals surface area (Å²) in [5.74, 6) is 0.551. The molecule has 1 heterocycles. The highest BCUT2D eigenvalue weighted by molar-refractivity contribution is 8.13. The highest BCUT2D eigenvalue weighted by Gasteiger charge is 2.06. The lowest BCUT2D eigenvalue weighted by Gasteiger charge is -2.07. The van der Waals surface area contributed by atoms with Crippen LogP contribution < -0.4 is 5.73 Å². The molecule has 0 amide bonds. The first-order valence-electron chi connectivity index (χ1n) is 5.42. The smallest absolute Gasteiger partial charge is 0.151 e. The Morgan fingerprint density at radius 2 is 2.16 bits per heavy atom. The van der Waals surface area contributed by atoms with Crippen molar-refractivity contribution in [2.45, 2.75) is 12.2 Å². The number of hydrogen-bond acceptors (Lipinski definition) is 4. The van der Waals surface area contributed by atoms with Crippen LogP contribution >= 0.6 is 24.2 Å². The topological polar surface area (TPSA) is 86.5 Å². The minimum absolute atomic E-state index is 0. The molecule has 19 heavy (non-hydrogen) atoms. The fraction of sp³-hybridized carbons (Fsp3) is 0.154. The summed E-state index contributed by atoms with van der Waals surface area (Å²) >= 11 is 1.24. The van der Waals surface area contributed by atoms with E-state index in [-0.39, 0.29) is 17.6 Å². The SMILES string of the molecule is Cl.N#CCc1cc2ccccc2c(CSC(=N)N)n1. The van der Waals surface area contributed by atoms with E-state index >= 15 is 0 Å². The number of amidine groups is 1. The lowest BCUT2D eigenvalue weighted by atomic mass is 10.1. The summed E-state index contributed by atoms with van der Waals surface area (Å²) < 4.78 is 0. The van der Waals surface area contributed by atoms with Gasteiger partial charge >= 0.3 is 0 Å². The van der Waals surface area contributed by atoms with Gasteiger partial charge in [-0.1, -0.05) is 36.0 Å². The minimum atomic E-state index is 0. The van der Waals surface area contributed by atoms with Gasteiger partial charge in [-0.05, 0) is 11.5 Å². The summed E-state index contributed by atoms with van der Waals surface area (Å²) in [6, 6.07) is 11.9.